The second-order valence-electron chi connectivity index (χ2n) is 12.3. The quantitative estimate of drug-likeness (QED) is 0.663. The van der Waals surface area contributed by atoms with E-state index < -0.39 is 22.0 Å². The molecule has 174 valence electrons. The Balaban J connectivity index is 1.72. The van der Waals surface area contributed by atoms with Crippen LogP contribution in [0.15, 0.2) is 5.16 Å². The second kappa shape index (κ2) is 6.86. The van der Waals surface area contributed by atoms with Gasteiger partial charge in [0.25, 0.3) is 0 Å². The molecule has 0 aromatic heterocycles. The number of ketones is 2. The van der Waals surface area contributed by atoms with Crippen molar-refractivity contribution in [3.8, 4) is 0 Å². The van der Waals surface area contributed by atoms with Gasteiger partial charge in [-0.05, 0) is 63.7 Å². The average molecular weight is 433 g/mol. The summed E-state index contributed by atoms with van der Waals surface area (Å²) in [6, 6.07) is 0. The molecule has 4 fully saturated rings. The summed E-state index contributed by atoms with van der Waals surface area (Å²) in [6.45, 7) is 12.2. The lowest BCUT2D eigenvalue weighted by Crippen LogP contribution is -2.73. The molecule has 31 heavy (non-hydrogen) atoms. The Kier molecular flexibility index (Phi) is 5.07. The lowest BCUT2D eigenvalue weighted by Gasteiger charge is -2.65. The first-order chi connectivity index (χ1) is 14.2. The Morgan fingerprint density at radius 1 is 1.06 bits per heavy atom. The Labute approximate surface area is 186 Å². The molecule has 0 radical (unpaired) electrons. The maximum absolute atomic E-state index is 13.8. The topological polar surface area (TPSA) is 102 Å². The molecule has 0 aromatic rings. The van der Waals surface area contributed by atoms with Crippen molar-refractivity contribution < 1.29 is 19.5 Å². The molecule has 0 heterocycles. The first-order valence-electron chi connectivity index (χ1n) is 12.0. The van der Waals surface area contributed by atoms with E-state index in [0.717, 1.165) is 25.0 Å². The first kappa shape index (κ1) is 22.9. The summed E-state index contributed by atoms with van der Waals surface area (Å²) in [5.41, 5.74) is 2.76. The van der Waals surface area contributed by atoms with Crippen molar-refractivity contribution in [3.05, 3.63) is 0 Å². The number of rotatable bonds is 3. The van der Waals surface area contributed by atoms with Crippen LogP contribution in [0.25, 0.3) is 0 Å². The molecule has 6 nitrogen and oxygen atoms in total. The molecule has 6 atom stereocenters. The fraction of sp³-hybridized carbons (Fsp3) is 0.880. The molecule has 0 unspecified atom stereocenters. The fourth-order valence-corrected chi connectivity index (χ4v) is 7.79. The van der Waals surface area contributed by atoms with Gasteiger partial charge >= 0.3 is 0 Å². The van der Waals surface area contributed by atoms with Gasteiger partial charge in [-0.15, -0.1) is 0 Å². The highest BCUT2D eigenvalue weighted by Gasteiger charge is 2.72. The minimum Gasteiger partial charge on any atom is -0.389 e. The highest BCUT2D eigenvalue weighted by molar-refractivity contribution is 6.02. The van der Waals surface area contributed by atoms with Gasteiger partial charge in [-0.25, -0.2) is 0 Å². The van der Waals surface area contributed by atoms with Gasteiger partial charge in [-0.1, -0.05) is 32.9 Å². The number of nitrogens with two attached hydrogens (primary N) is 1. The number of carbonyl (C=O) groups excluding carboxylic acids is 2. The monoisotopic (exact) mass is 432 g/mol. The van der Waals surface area contributed by atoms with E-state index in [1.54, 1.807) is 0 Å². The normalized spacial score (nSPS) is 45.8. The van der Waals surface area contributed by atoms with Crippen molar-refractivity contribution in [2.24, 2.45) is 44.9 Å². The standard InChI is InChI=1S/C25H40N2O4/c1-21(2,14-26)31-27-18-10-12-24(6)17-9-11-23(5)16(7-8-19(23)28)15(17)13-20(29)25(24,30)22(18,3)4/h15-17,30H,7-14,26H2,1-6H3/b27-18+/t15-,16-,17-,23-,24+,25+/m0/s1. The van der Waals surface area contributed by atoms with Crippen LogP contribution in [-0.2, 0) is 14.4 Å². The molecule has 0 bridgehead atoms. The zero-order valence-corrected chi connectivity index (χ0v) is 20.1. The zero-order valence-electron chi connectivity index (χ0n) is 20.1. The largest absolute Gasteiger partial charge is 0.389 e. The van der Waals surface area contributed by atoms with E-state index in [1.807, 2.05) is 27.7 Å². The summed E-state index contributed by atoms with van der Waals surface area (Å²) in [6.07, 6.45) is 5.02. The van der Waals surface area contributed by atoms with Crippen LogP contribution in [0.2, 0.25) is 0 Å². The third kappa shape index (κ3) is 2.86. The Hall–Kier alpha value is -1.27. The first-order valence-corrected chi connectivity index (χ1v) is 12.0. The molecule has 6 heteroatoms. The summed E-state index contributed by atoms with van der Waals surface area (Å²) in [4.78, 5) is 32.2. The third-order valence-electron chi connectivity index (χ3n) is 10.0. The molecule has 0 aromatic carbocycles. The van der Waals surface area contributed by atoms with Crippen molar-refractivity contribution in [1.29, 1.82) is 0 Å². The van der Waals surface area contributed by atoms with Crippen LogP contribution in [0, 0.1) is 34.0 Å². The van der Waals surface area contributed by atoms with Crippen LogP contribution in [-0.4, -0.2) is 40.1 Å². The average Bonchev–Trinajstić information content (AvgIpc) is 3.00. The molecule has 0 aliphatic heterocycles. The number of nitrogens with zero attached hydrogens (tertiary/aromatic N) is 1. The van der Waals surface area contributed by atoms with E-state index in [2.05, 4.69) is 19.0 Å². The minimum absolute atomic E-state index is 0.0877. The van der Waals surface area contributed by atoms with Crippen LogP contribution in [0.4, 0.5) is 0 Å². The number of hydrogen-bond acceptors (Lipinski definition) is 6. The molecule has 4 aliphatic carbocycles. The highest BCUT2D eigenvalue weighted by Crippen LogP contribution is 2.68. The van der Waals surface area contributed by atoms with E-state index in [0.29, 0.717) is 38.0 Å². The lowest BCUT2D eigenvalue weighted by molar-refractivity contribution is -0.217. The minimum atomic E-state index is -1.50. The van der Waals surface area contributed by atoms with E-state index in [4.69, 9.17) is 10.6 Å². The summed E-state index contributed by atoms with van der Waals surface area (Å²) in [7, 11) is 0. The molecular weight excluding hydrogens is 392 g/mol. The summed E-state index contributed by atoms with van der Waals surface area (Å²) >= 11 is 0. The van der Waals surface area contributed by atoms with E-state index in [1.165, 1.54) is 0 Å². The number of hydrogen-bond donors (Lipinski definition) is 2. The molecule has 4 rings (SSSR count). The van der Waals surface area contributed by atoms with E-state index in [9.17, 15) is 14.7 Å². The lowest BCUT2D eigenvalue weighted by atomic mass is 9.39. The second-order valence-corrected chi connectivity index (χ2v) is 12.3. The maximum atomic E-state index is 13.8. The zero-order chi connectivity index (χ0) is 23.0. The van der Waals surface area contributed by atoms with Gasteiger partial charge in [0.1, 0.15) is 17.0 Å². The maximum Gasteiger partial charge on any atom is 0.166 e. The van der Waals surface area contributed by atoms with Gasteiger partial charge < -0.3 is 15.7 Å². The molecule has 0 saturated heterocycles. The van der Waals surface area contributed by atoms with Crippen molar-refractivity contribution in [2.45, 2.75) is 97.7 Å². The van der Waals surface area contributed by atoms with E-state index in [-0.39, 0.29) is 29.0 Å². The summed E-state index contributed by atoms with van der Waals surface area (Å²) < 4.78 is 0. The van der Waals surface area contributed by atoms with E-state index >= 15 is 0 Å². The third-order valence-corrected chi connectivity index (χ3v) is 10.0. The van der Waals surface area contributed by atoms with Gasteiger partial charge in [-0.2, -0.15) is 0 Å². The van der Waals surface area contributed by atoms with Crippen molar-refractivity contribution in [2.75, 3.05) is 6.54 Å². The molecule has 3 N–H and O–H groups in total. The number of oxime groups is 1. The van der Waals surface area contributed by atoms with Gasteiger partial charge in [0, 0.05) is 35.6 Å². The van der Waals surface area contributed by atoms with Crippen LogP contribution < -0.4 is 5.73 Å². The number of fused-ring (bicyclic) bond motifs is 5. The van der Waals surface area contributed by atoms with Crippen molar-refractivity contribution in [1.82, 2.24) is 0 Å². The Morgan fingerprint density at radius 2 is 1.74 bits per heavy atom. The number of aliphatic hydroxyl groups is 1. The van der Waals surface area contributed by atoms with Crippen molar-refractivity contribution in [3.63, 3.8) is 0 Å². The van der Waals surface area contributed by atoms with Crippen LogP contribution >= 0.6 is 0 Å². The fourth-order valence-electron chi connectivity index (χ4n) is 7.79. The van der Waals surface area contributed by atoms with Crippen LogP contribution in [0.3, 0.4) is 0 Å². The Morgan fingerprint density at radius 3 is 2.39 bits per heavy atom. The molecule has 0 spiro atoms. The van der Waals surface area contributed by atoms with Crippen LogP contribution in [0.5, 0.6) is 0 Å². The van der Waals surface area contributed by atoms with Gasteiger partial charge in [0.2, 0.25) is 0 Å². The predicted octanol–water partition coefficient (Wildman–Crippen LogP) is 3.64. The van der Waals surface area contributed by atoms with Crippen molar-refractivity contribution >= 4 is 17.3 Å². The predicted molar refractivity (Wildman–Crippen MR) is 119 cm³/mol. The molecular formula is C25H40N2O4. The summed E-state index contributed by atoms with van der Waals surface area (Å²) in [5, 5.41) is 16.7. The van der Waals surface area contributed by atoms with Gasteiger partial charge in [-0.3, -0.25) is 9.59 Å². The molecule has 4 aliphatic rings. The highest BCUT2D eigenvalue weighted by atomic mass is 16.6. The molecule has 0 amide bonds. The Bertz CT molecular complexity index is 833. The van der Waals surface area contributed by atoms with Crippen LogP contribution in [0.1, 0.15) is 86.5 Å². The van der Waals surface area contributed by atoms with Gasteiger partial charge in [0.05, 0.1) is 5.71 Å². The molecule has 4 saturated carbocycles. The summed E-state index contributed by atoms with van der Waals surface area (Å²) in [5.74, 6) is 0.963. The van der Waals surface area contributed by atoms with Gasteiger partial charge in [0.15, 0.2) is 5.78 Å². The smallest absolute Gasteiger partial charge is 0.166 e. The SMILES string of the molecule is CC(C)(CN)O/N=C1\CC[C@]2(C)[C@H]3CC[C@]4(C)C(=O)CC[C@H]4[C@@H]3CC(=O)[C@@]2(O)C1(C)C. The number of carbonyl (C=O) groups is 2. The number of Topliss-reactive ketones (excluding diaryl/α,β-unsaturated/α-hetero) is 2.